The van der Waals surface area contributed by atoms with Crippen LogP contribution in [0.2, 0.25) is 0 Å². The van der Waals surface area contributed by atoms with E-state index < -0.39 is 0 Å². The Morgan fingerprint density at radius 1 is 1.50 bits per heavy atom. The van der Waals surface area contributed by atoms with Crippen molar-refractivity contribution < 1.29 is 9.53 Å². The van der Waals surface area contributed by atoms with Crippen LogP contribution in [-0.2, 0) is 11.8 Å². The molecule has 1 aliphatic rings. The number of hydrogen-bond acceptors (Lipinski definition) is 5. The molecule has 6 nitrogen and oxygen atoms in total. The summed E-state index contributed by atoms with van der Waals surface area (Å²) in [6.45, 7) is 4.43. The fourth-order valence-electron chi connectivity index (χ4n) is 2.80. The third-order valence-corrected chi connectivity index (χ3v) is 4.98. The number of amides is 1. The van der Waals surface area contributed by atoms with Crippen LogP contribution >= 0.6 is 11.3 Å². The van der Waals surface area contributed by atoms with Gasteiger partial charge in [-0.2, -0.15) is 0 Å². The number of thiazole rings is 1. The number of hydrogen-bond donors (Lipinski definition) is 1. The van der Waals surface area contributed by atoms with Gasteiger partial charge >= 0.3 is 0 Å². The van der Waals surface area contributed by atoms with E-state index in [2.05, 4.69) is 15.3 Å². The van der Waals surface area contributed by atoms with Crippen LogP contribution in [0.25, 0.3) is 0 Å². The number of carbonyl (C=O) groups is 1. The van der Waals surface area contributed by atoms with Crippen LogP contribution in [-0.4, -0.2) is 33.1 Å². The molecule has 1 fully saturated rings. The lowest BCUT2D eigenvalue weighted by Crippen LogP contribution is -2.40. The molecule has 0 radical (unpaired) electrons. The monoisotopic (exact) mass is 320 g/mol. The predicted octanol–water partition coefficient (Wildman–Crippen LogP) is 2.14. The maximum Gasteiger partial charge on any atom is 0.263 e. The summed E-state index contributed by atoms with van der Waals surface area (Å²) in [4.78, 5) is 21.6. The Balaban J connectivity index is 1.67. The summed E-state index contributed by atoms with van der Waals surface area (Å²) >= 11 is 1.44. The van der Waals surface area contributed by atoms with Gasteiger partial charge < -0.3 is 14.6 Å². The molecule has 1 amide bonds. The molecular formula is C15H20N4O2S. The largest absolute Gasteiger partial charge is 0.372 e. The SMILES string of the molecule is Cc1nc(C)c(C(=O)N[C@H]2CCO[C@@H](c3cncn3C)C2)s1. The van der Waals surface area contributed by atoms with E-state index in [0.29, 0.717) is 11.5 Å². The van der Waals surface area contributed by atoms with Gasteiger partial charge in [-0.15, -0.1) is 11.3 Å². The maximum atomic E-state index is 12.4. The highest BCUT2D eigenvalue weighted by Crippen LogP contribution is 2.28. The first-order valence-corrected chi connectivity index (χ1v) is 8.19. The van der Waals surface area contributed by atoms with E-state index >= 15 is 0 Å². The van der Waals surface area contributed by atoms with Crippen LogP contribution in [0.1, 0.15) is 45.0 Å². The molecule has 2 atom stereocenters. The van der Waals surface area contributed by atoms with Gasteiger partial charge in [0.05, 0.1) is 28.9 Å². The Kier molecular flexibility index (Phi) is 4.26. The number of imidazole rings is 1. The first-order chi connectivity index (χ1) is 10.5. The van der Waals surface area contributed by atoms with Crippen LogP contribution in [0.4, 0.5) is 0 Å². The van der Waals surface area contributed by atoms with Gasteiger partial charge in [-0.3, -0.25) is 4.79 Å². The fourth-order valence-corrected chi connectivity index (χ4v) is 3.63. The smallest absolute Gasteiger partial charge is 0.263 e. The molecule has 0 aliphatic carbocycles. The summed E-state index contributed by atoms with van der Waals surface area (Å²) in [5, 5.41) is 4.04. The number of rotatable bonds is 3. The van der Waals surface area contributed by atoms with E-state index in [1.54, 1.807) is 6.33 Å². The van der Waals surface area contributed by atoms with E-state index in [0.717, 1.165) is 29.2 Å². The van der Waals surface area contributed by atoms with Crippen molar-refractivity contribution in [2.45, 2.75) is 38.8 Å². The molecule has 0 bridgehead atoms. The van der Waals surface area contributed by atoms with Gasteiger partial charge in [-0.05, 0) is 26.7 Å². The molecule has 3 heterocycles. The maximum absolute atomic E-state index is 12.4. The number of ether oxygens (including phenoxy) is 1. The number of aryl methyl sites for hydroxylation is 3. The minimum Gasteiger partial charge on any atom is -0.372 e. The van der Waals surface area contributed by atoms with Gasteiger partial charge in [-0.1, -0.05) is 0 Å². The first-order valence-electron chi connectivity index (χ1n) is 7.37. The molecule has 1 aliphatic heterocycles. The van der Waals surface area contributed by atoms with Crippen molar-refractivity contribution in [2.24, 2.45) is 7.05 Å². The summed E-state index contributed by atoms with van der Waals surface area (Å²) in [6.07, 6.45) is 5.17. The molecule has 0 spiro atoms. The van der Waals surface area contributed by atoms with Crippen LogP contribution in [0.3, 0.4) is 0 Å². The van der Waals surface area contributed by atoms with Crippen LogP contribution in [0.5, 0.6) is 0 Å². The predicted molar refractivity (Wildman–Crippen MR) is 84.0 cm³/mol. The zero-order valence-corrected chi connectivity index (χ0v) is 13.8. The Bertz CT molecular complexity index is 679. The molecule has 22 heavy (non-hydrogen) atoms. The quantitative estimate of drug-likeness (QED) is 0.941. The molecule has 3 rings (SSSR count). The highest BCUT2D eigenvalue weighted by molar-refractivity contribution is 7.13. The molecule has 2 aromatic heterocycles. The molecule has 0 unspecified atom stereocenters. The second-order valence-corrected chi connectivity index (χ2v) is 6.83. The third kappa shape index (κ3) is 3.05. The van der Waals surface area contributed by atoms with Crippen molar-refractivity contribution in [3.05, 3.63) is 33.8 Å². The van der Waals surface area contributed by atoms with E-state index in [4.69, 9.17) is 4.74 Å². The standard InChI is InChI=1S/C15H20N4O2S/c1-9-14(22-10(2)17-9)15(20)18-11-4-5-21-13(6-11)12-7-16-8-19(12)3/h7-8,11,13H,4-6H2,1-3H3,(H,18,20)/t11-,13+/m0/s1. The lowest BCUT2D eigenvalue weighted by molar-refractivity contribution is -0.00299. The number of aromatic nitrogens is 3. The second kappa shape index (κ2) is 6.18. The van der Waals surface area contributed by atoms with E-state index in [9.17, 15) is 4.79 Å². The van der Waals surface area contributed by atoms with E-state index in [-0.39, 0.29) is 18.1 Å². The van der Waals surface area contributed by atoms with Crippen LogP contribution in [0.15, 0.2) is 12.5 Å². The lowest BCUT2D eigenvalue weighted by Gasteiger charge is -2.30. The summed E-state index contributed by atoms with van der Waals surface area (Å²) in [7, 11) is 1.96. The summed E-state index contributed by atoms with van der Waals surface area (Å²) in [5.74, 6) is -0.0289. The van der Waals surface area contributed by atoms with Gasteiger partial charge in [0.1, 0.15) is 11.0 Å². The molecule has 118 valence electrons. The zero-order chi connectivity index (χ0) is 15.7. The summed E-state index contributed by atoms with van der Waals surface area (Å²) in [6, 6.07) is 0.114. The summed E-state index contributed by atoms with van der Waals surface area (Å²) in [5.41, 5.74) is 1.85. The van der Waals surface area contributed by atoms with Crippen molar-refractivity contribution in [1.82, 2.24) is 19.9 Å². The Labute approximate surface area is 133 Å². The van der Waals surface area contributed by atoms with Crippen LogP contribution in [0, 0.1) is 13.8 Å². The van der Waals surface area contributed by atoms with Crippen molar-refractivity contribution in [1.29, 1.82) is 0 Å². The normalized spacial score (nSPS) is 21.8. The second-order valence-electron chi connectivity index (χ2n) is 5.63. The molecule has 7 heteroatoms. The van der Waals surface area contributed by atoms with Crippen molar-refractivity contribution in [3.63, 3.8) is 0 Å². The van der Waals surface area contributed by atoms with Gasteiger partial charge in [-0.25, -0.2) is 9.97 Å². The minimum absolute atomic E-state index is 0.0177. The topological polar surface area (TPSA) is 69.0 Å². The Morgan fingerprint density at radius 2 is 2.32 bits per heavy atom. The van der Waals surface area contributed by atoms with Gasteiger partial charge in [0.25, 0.3) is 5.91 Å². The first kappa shape index (κ1) is 15.2. The highest BCUT2D eigenvalue weighted by Gasteiger charge is 2.27. The average Bonchev–Trinajstić information content (AvgIpc) is 3.04. The number of nitrogens with one attached hydrogen (secondary N) is 1. The Hall–Kier alpha value is -1.73. The number of carbonyl (C=O) groups excluding carboxylic acids is 1. The van der Waals surface area contributed by atoms with Crippen molar-refractivity contribution in [2.75, 3.05) is 6.61 Å². The summed E-state index contributed by atoms with van der Waals surface area (Å²) < 4.78 is 7.79. The molecule has 0 saturated carbocycles. The third-order valence-electron chi connectivity index (χ3n) is 3.91. The lowest BCUT2D eigenvalue weighted by atomic mass is 10.0. The molecule has 1 saturated heterocycles. The molecule has 2 aromatic rings. The zero-order valence-electron chi connectivity index (χ0n) is 13.0. The molecule has 0 aromatic carbocycles. The van der Waals surface area contributed by atoms with Gasteiger partial charge in [0.2, 0.25) is 0 Å². The van der Waals surface area contributed by atoms with Gasteiger partial charge in [0.15, 0.2) is 0 Å². The van der Waals surface area contributed by atoms with Gasteiger partial charge in [0, 0.05) is 19.7 Å². The number of nitrogens with zero attached hydrogens (tertiary/aromatic N) is 3. The molecule has 1 N–H and O–H groups in total. The van der Waals surface area contributed by atoms with Crippen molar-refractivity contribution in [3.8, 4) is 0 Å². The molecular weight excluding hydrogens is 300 g/mol. The van der Waals surface area contributed by atoms with Crippen LogP contribution < -0.4 is 5.32 Å². The fraction of sp³-hybridized carbons (Fsp3) is 0.533. The Morgan fingerprint density at radius 3 is 2.95 bits per heavy atom. The van der Waals surface area contributed by atoms with Crippen molar-refractivity contribution >= 4 is 17.2 Å². The van der Waals surface area contributed by atoms with E-state index in [1.807, 2.05) is 31.7 Å². The van der Waals surface area contributed by atoms with E-state index in [1.165, 1.54) is 11.3 Å². The highest BCUT2D eigenvalue weighted by atomic mass is 32.1. The average molecular weight is 320 g/mol. The minimum atomic E-state index is -0.0289.